The lowest BCUT2D eigenvalue weighted by atomic mass is 9.97. The summed E-state index contributed by atoms with van der Waals surface area (Å²) in [4.78, 5) is 7.17. The Labute approximate surface area is 76.8 Å². The third kappa shape index (κ3) is 1.31. The van der Waals surface area contributed by atoms with Crippen LogP contribution in [0.4, 0.5) is 0 Å². The fourth-order valence-electron chi connectivity index (χ4n) is 1.94. The van der Waals surface area contributed by atoms with Crippen molar-refractivity contribution in [3.05, 3.63) is 18.2 Å². The summed E-state index contributed by atoms with van der Waals surface area (Å²) < 4.78 is 0. The first kappa shape index (κ1) is 8.27. The molecule has 68 valence electrons. The van der Waals surface area contributed by atoms with Crippen LogP contribution in [0.25, 0.3) is 0 Å². The van der Waals surface area contributed by atoms with Gasteiger partial charge in [-0.25, -0.2) is 4.98 Å². The first-order valence-electron chi connectivity index (χ1n) is 4.43. The minimum atomic E-state index is -0.399. The predicted octanol–water partition coefficient (Wildman–Crippen LogP) is 0.887. The van der Waals surface area contributed by atoms with Crippen LogP contribution in [0.15, 0.2) is 12.4 Å². The van der Waals surface area contributed by atoms with Crippen molar-refractivity contribution in [2.24, 2.45) is 11.7 Å². The van der Waals surface area contributed by atoms with E-state index in [0.717, 1.165) is 25.1 Å². The van der Waals surface area contributed by atoms with E-state index >= 15 is 0 Å². The highest BCUT2D eigenvalue weighted by Gasteiger charge is 2.39. The Morgan fingerprint density at radius 2 is 2.62 bits per heavy atom. The zero-order chi connectivity index (χ0) is 9.31. The minimum absolute atomic E-state index is 0.0927. The number of nitrogens with one attached hydrogen (secondary N) is 1. The fraction of sp³-hybridized carbons (Fsp3) is 0.556. The first-order valence-corrected chi connectivity index (χ1v) is 4.43. The summed E-state index contributed by atoms with van der Waals surface area (Å²) in [7, 11) is 0. The Morgan fingerprint density at radius 1 is 1.77 bits per heavy atom. The van der Waals surface area contributed by atoms with Gasteiger partial charge in [0.25, 0.3) is 0 Å². The number of aromatic amines is 1. The molecule has 1 aromatic heterocycles. The first-order chi connectivity index (χ1) is 6.24. The standard InChI is InChI=1S/C9H12N4/c10-6-7-1-2-9(11,5-7)8-12-3-4-13-8/h3-4,7H,1-2,5,11H2,(H,12,13)/t7-,9-/m1/s1. The molecule has 1 aromatic rings. The molecule has 0 saturated heterocycles. The van der Waals surface area contributed by atoms with Crippen molar-refractivity contribution in [1.29, 1.82) is 5.26 Å². The summed E-state index contributed by atoms with van der Waals surface area (Å²) in [6.45, 7) is 0. The average Bonchev–Trinajstić information content (AvgIpc) is 2.72. The lowest BCUT2D eigenvalue weighted by molar-refractivity contribution is 0.426. The Hall–Kier alpha value is -1.34. The number of imidazole rings is 1. The van der Waals surface area contributed by atoms with Crippen molar-refractivity contribution in [2.45, 2.75) is 24.8 Å². The van der Waals surface area contributed by atoms with Gasteiger partial charge >= 0.3 is 0 Å². The van der Waals surface area contributed by atoms with Gasteiger partial charge in [-0.05, 0) is 19.3 Å². The molecule has 3 N–H and O–H groups in total. The molecule has 1 aliphatic carbocycles. The van der Waals surface area contributed by atoms with Crippen LogP contribution in [0.2, 0.25) is 0 Å². The van der Waals surface area contributed by atoms with Crippen LogP contribution in [-0.4, -0.2) is 9.97 Å². The third-order valence-corrected chi connectivity index (χ3v) is 2.70. The predicted molar refractivity (Wildman–Crippen MR) is 47.4 cm³/mol. The summed E-state index contributed by atoms with van der Waals surface area (Å²) in [5.74, 6) is 0.903. The monoisotopic (exact) mass is 176 g/mol. The number of nitriles is 1. The third-order valence-electron chi connectivity index (χ3n) is 2.70. The number of hydrogen-bond acceptors (Lipinski definition) is 3. The molecule has 0 radical (unpaired) electrons. The maximum Gasteiger partial charge on any atom is 0.126 e. The molecule has 4 nitrogen and oxygen atoms in total. The molecule has 4 heteroatoms. The Bertz CT molecular complexity index is 324. The highest BCUT2D eigenvalue weighted by atomic mass is 15.0. The summed E-state index contributed by atoms with van der Waals surface area (Å²) in [6.07, 6.45) is 5.91. The van der Waals surface area contributed by atoms with Crippen LogP contribution >= 0.6 is 0 Å². The normalized spacial score (nSPS) is 33.1. The van der Waals surface area contributed by atoms with E-state index in [1.807, 2.05) is 0 Å². The number of nitrogens with zero attached hydrogens (tertiary/aromatic N) is 2. The molecule has 2 rings (SSSR count). The lowest BCUT2D eigenvalue weighted by Crippen LogP contribution is -2.34. The van der Waals surface area contributed by atoms with Crippen LogP contribution in [0.5, 0.6) is 0 Å². The molecule has 0 unspecified atom stereocenters. The molecule has 0 bridgehead atoms. The van der Waals surface area contributed by atoms with Crippen LogP contribution in [0.1, 0.15) is 25.1 Å². The van der Waals surface area contributed by atoms with Crippen LogP contribution in [-0.2, 0) is 5.54 Å². The van der Waals surface area contributed by atoms with Crippen LogP contribution < -0.4 is 5.73 Å². The topological polar surface area (TPSA) is 78.5 Å². The maximum absolute atomic E-state index is 8.76. The lowest BCUT2D eigenvalue weighted by Gasteiger charge is -2.20. The highest BCUT2D eigenvalue weighted by Crippen LogP contribution is 2.37. The molecule has 0 aliphatic heterocycles. The van der Waals surface area contributed by atoms with Crippen molar-refractivity contribution in [1.82, 2.24) is 9.97 Å². The van der Waals surface area contributed by atoms with E-state index in [1.54, 1.807) is 12.4 Å². The van der Waals surface area contributed by atoms with E-state index in [1.165, 1.54) is 0 Å². The molecule has 13 heavy (non-hydrogen) atoms. The molecule has 1 aliphatic rings. The number of rotatable bonds is 1. The van der Waals surface area contributed by atoms with Gasteiger partial charge in [0, 0.05) is 18.3 Å². The Balaban J connectivity index is 2.21. The van der Waals surface area contributed by atoms with E-state index in [-0.39, 0.29) is 5.92 Å². The van der Waals surface area contributed by atoms with Crippen LogP contribution in [0.3, 0.4) is 0 Å². The second-order valence-electron chi connectivity index (χ2n) is 3.66. The SMILES string of the molecule is N#C[C@@H]1CC[C@](N)(c2ncc[nH]2)C1. The molecule has 0 spiro atoms. The van der Waals surface area contributed by atoms with Crippen LogP contribution in [0, 0.1) is 17.2 Å². The van der Waals surface area contributed by atoms with Crippen molar-refractivity contribution < 1.29 is 0 Å². The van der Waals surface area contributed by atoms with Crippen molar-refractivity contribution in [3.8, 4) is 6.07 Å². The van der Waals surface area contributed by atoms with Gasteiger partial charge in [-0.15, -0.1) is 0 Å². The summed E-state index contributed by atoms with van der Waals surface area (Å²) >= 11 is 0. The highest BCUT2D eigenvalue weighted by molar-refractivity contribution is 5.11. The number of aromatic nitrogens is 2. The van der Waals surface area contributed by atoms with Gasteiger partial charge in [-0.1, -0.05) is 0 Å². The van der Waals surface area contributed by atoms with Gasteiger partial charge in [0.15, 0.2) is 0 Å². The fourth-order valence-corrected chi connectivity index (χ4v) is 1.94. The van der Waals surface area contributed by atoms with E-state index < -0.39 is 5.54 Å². The molecule has 2 atom stereocenters. The zero-order valence-electron chi connectivity index (χ0n) is 7.33. The largest absolute Gasteiger partial charge is 0.347 e. The quantitative estimate of drug-likeness (QED) is 0.666. The summed E-state index contributed by atoms with van der Waals surface area (Å²) in [5, 5.41) is 8.76. The molecule has 1 heterocycles. The van der Waals surface area contributed by atoms with E-state index in [9.17, 15) is 0 Å². The average molecular weight is 176 g/mol. The van der Waals surface area contributed by atoms with E-state index in [2.05, 4.69) is 16.0 Å². The minimum Gasteiger partial charge on any atom is -0.347 e. The maximum atomic E-state index is 8.76. The zero-order valence-corrected chi connectivity index (χ0v) is 7.33. The molecule has 0 amide bonds. The Morgan fingerprint density at radius 3 is 3.15 bits per heavy atom. The number of hydrogen-bond donors (Lipinski definition) is 2. The molecular weight excluding hydrogens is 164 g/mol. The van der Waals surface area contributed by atoms with Crippen molar-refractivity contribution >= 4 is 0 Å². The van der Waals surface area contributed by atoms with Crippen molar-refractivity contribution in [2.75, 3.05) is 0 Å². The number of nitrogens with two attached hydrogens (primary N) is 1. The van der Waals surface area contributed by atoms with E-state index in [4.69, 9.17) is 11.0 Å². The molecule has 1 saturated carbocycles. The molecule has 1 fully saturated rings. The summed E-state index contributed by atoms with van der Waals surface area (Å²) in [5.41, 5.74) is 5.75. The van der Waals surface area contributed by atoms with Gasteiger partial charge < -0.3 is 10.7 Å². The van der Waals surface area contributed by atoms with Gasteiger partial charge in [0.2, 0.25) is 0 Å². The second-order valence-corrected chi connectivity index (χ2v) is 3.66. The van der Waals surface area contributed by atoms with Gasteiger partial charge in [0.1, 0.15) is 5.82 Å². The van der Waals surface area contributed by atoms with Gasteiger partial charge in [0.05, 0.1) is 11.6 Å². The Kier molecular flexibility index (Phi) is 1.82. The van der Waals surface area contributed by atoms with Crippen molar-refractivity contribution in [3.63, 3.8) is 0 Å². The second kappa shape index (κ2) is 2.86. The van der Waals surface area contributed by atoms with Gasteiger partial charge in [-0.2, -0.15) is 5.26 Å². The molecule has 0 aromatic carbocycles. The molecular formula is C9H12N4. The number of H-pyrrole nitrogens is 1. The van der Waals surface area contributed by atoms with E-state index in [0.29, 0.717) is 0 Å². The van der Waals surface area contributed by atoms with Gasteiger partial charge in [-0.3, -0.25) is 0 Å². The summed E-state index contributed by atoms with van der Waals surface area (Å²) in [6, 6.07) is 2.26. The smallest absolute Gasteiger partial charge is 0.126 e.